The first-order valence-electron chi connectivity index (χ1n) is 6.61. The second-order valence-electron chi connectivity index (χ2n) is 4.67. The molecule has 2 aromatic carbocycles. The third-order valence-corrected chi connectivity index (χ3v) is 3.72. The molecule has 106 valence electrons. The molecule has 0 aliphatic carbocycles. The SMILES string of the molecule is NCc1ccccc1Cc1nc(-c2cccc(Br)c2)no1. The number of nitrogens with zero attached hydrogens (tertiary/aromatic N) is 2. The first kappa shape index (κ1) is 14.0. The van der Waals surface area contributed by atoms with Crippen molar-refractivity contribution in [2.75, 3.05) is 0 Å². The molecule has 0 saturated carbocycles. The van der Waals surface area contributed by atoms with Crippen LogP contribution in [0.2, 0.25) is 0 Å². The first-order chi connectivity index (χ1) is 10.3. The van der Waals surface area contributed by atoms with Gasteiger partial charge in [-0.05, 0) is 23.3 Å². The van der Waals surface area contributed by atoms with Crippen molar-refractivity contribution in [3.05, 3.63) is 70.0 Å². The molecule has 0 aliphatic heterocycles. The molecule has 3 rings (SSSR count). The van der Waals surface area contributed by atoms with Gasteiger partial charge in [-0.1, -0.05) is 57.5 Å². The number of nitrogens with two attached hydrogens (primary N) is 1. The Morgan fingerprint density at radius 2 is 1.86 bits per heavy atom. The minimum absolute atomic E-state index is 0.503. The van der Waals surface area contributed by atoms with Crippen LogP contribution in [0.3, 0.4) is 0 Å². The molecule has 5 heteroatoms. The molecule has 0 aliphatic rings. The molecule has 0 atom stereocenters. The van der Waals surface area contributed by atoms with E-state index in [-0.39, 0.29) is 0 Å². The molecule has 1 heterocycles. The molecule has 0 saturated heterocycles. The maximum atomic E-state index is 5.75. The van der Waals surface area contributed by atoms with Crippen molar-refractivity contribution in [3.8, 4) is 11.4 Å². The Morgan fingerprint density at radius 1 is 1.05 bits per heavy atom. The first-order valence-corrected chi connectivity index (χ1v) is 7.41. The van der Waals surface area contributed by atoms with E-state index < -0.39 is 0 Å². The molecule has 2 N–H and O–H groups in total. The van der Waals surface area contributed by atoms with E-state index in [1.807, 2.05) is 48.5 Å². The predicted octanol–water partition coefficient (Wildman–Crippen LogP) is 3.55. The molecule has 0 bridgehead atoms. The predicted molar refractivity (Wildman–Crippen MR) is 84.6 cm³/mol. The van der Waals surface area contributed by atoms with Crippen LogP contribution in [-0.2, 0) is 13.0 Å². The maximum Gasteiger partial charge on any atom is 0.231 e. The van der Waals surface area contributed by atoms with Gasteiger partial charge in [0.1, 0.15) is 0 Å². The van der Waals surface area contributed by atoms with Crippen LogP contribution >= 0.6 is 15.9 Å². The van der Waals surface area contributed by atoms with Gasteiger partial charge in [0.2, 0.25) is 11.7 Å². The van der Waals surface area contributed by atoms with Gasteiger partial charge in [-0.2, -0.15) is 4.98 Å². The van der Waals surface area contributed by atoms with E-state index in [9.17, 15) is 0 Å². The van der Waals surface area contributed by atoms with Gasteiger partial charge in [-0.15, -0.1) is 0 Å². The standard InChI is InChI=1S/C16H14BrN3O/c17-14-7-3-6-12(8-14)16-19-15(21-20-16)9-11-4-1-2-5-13(11)10-18/h1-8H,9-10,18H2. The number of benzene rings is 2. The number of halogens is 1. The van der Waals surface area contributed by atoms with E-state index in [0.29, 0.717) is 24.7 Å². The average Bonchev–Trinajstić information content (AvgIpc) is 2.96. The normalized spacial score (nSPS) is 10.8. The van der Waals surface area contributed by atoms with E-state index in [1.165, 1.54) is 0 Å². The van der Waals surface area contributed by atoms with Crippen molar-refractivity contribution in [3.63, 3.8) is 0 Å². The zero-order valence-corrected chi connectivity index (χ0v) is 12.9. The summed E-state index contributed by atoms with van der Waals surface area (Å²) in [5.74, 6) is 1.18. The summed E-state index contributed by atoms with van der Waals surface area (Å²) >= 11 is 3.44. The Labute approximate surface area is 131 Å². The zero-order chi connectivity index (χ0) is 14.7. The Bertz CT molecular complexity index is 755. The maximum absolute atomic E-state index is 5.75. The summed E-state index contributed by atoms with van der Waals surface area (Å²) in [6.45, 7) is 0.503. The highest BCUT2D eigenvalue weighted by Gasteiger charge is 2.11. The topological polar surface area (TPSA) is 64.9 Å². The van der Waals surface area contributed by atoms with Crippen molar-refractivity contribution < 1.29 is 4.52 Å². The summed E-state index contributed by atoms with van der Waals surface area (Å²) < 4.78 is 6.33. The number of rotatable bonds is 4. The minimum atomic E-state index is 0.503. The van der Waals surface area contributed by atoms with Crippen molar-refractivity contribution in [2.24, 2.45) is 5.73 Å². The summed E-state index contributed by atoms with van der Waals surface area (Å²) in [5, 5.41) is 4.04. The Morgan fingerprint density at radius 3 is 2.62 bits per heavy atom. The molecule has 0 amide bonds. The van der Waals surface area contributed by atoms with Crippen LogP contribution < -0.4 is 5.73 Å². The monoisotopic (exact) mass is 343 g/mol. The van der Waals surface area contributed by atoms with Crippen molar-refractivity contribution in [1.82, 2.24) is 10.1 Å². The lowest BCUT2D eigenvalue weighted by Crippen LogP contribution is -2.02. The fourth-order valence-corrected chi connectivity index (χ4v) is 2.56. The van der Waals surface area contributed by atoms with Gasteiger partial charge >= 0.3 is 0 Å². The highest BCUT2D eigenvalue weighted by Crippen LogP contribution is 2.21. The lowest BCUT2D eigenvalue weighted by atomic mass is 10.0. The molecular formula is C16H14BrN3O. The molecule has 0 unspecified atom stereocenters. The quantitative estimate of drug-likeness (QED) is 0.786. The Balaban J connectivity index is 1.85. The molecule has 0 radical (unpaired) electrons. The van der Waals surface area contributed by atoms with E-state index in [2.05, 4.69) is 26.1 Å². The van der Waals surface area contributed by atoms with Crippen LogP contribution in [0.1, 0.15) is 17.0 Å². The number of aromatic nitrogens is 2. The Kier molecular flexibility index (Phi) is 4.13. The van der Waals surface area contributed by atoms with E-state index >= 15 is 0 Å². The highest BCUT2D eigenvalue weighted by atomic mass is 79.9. The largest absolute Gasteiger partial charge is 0.339 e. The van der Waals surface area contributed by atoms with Crippen molar-refractivity contribution in [2.45, 2.75) is 13.0 Å². The third-order valence-electron chi connectivity index (χ3n) is 3.23. The molecular weight excluding hydrogens is 330 g/mol. The second-order valence-corrected chi connectivity index (χ2v) is 5.59. The summed E-state index contributed by atoms with van der Waals surface area (Å²) in [6, 6.07) is 15.8. The molecule has 0 spiro atoms. The highest BCUT2D eigenvalue weighted by molar-refractivity contribution is 9.10. The summed E-state index contributed by atoms with van der Waals surface area (Å²) in [5.41, 5.74) is 8.88. The average molecular weight is 344 g/mol. The van der Waals surface area contributed by atoms with Crippen LogP contribution in [0.5, 0.6) is 0 Å². The second kappa shape index (κ2) is 6.20. The van der Waals surface area contributed by atoms with Gasteiger partial charge in [0.25, 0.3) is 0 Å². The molecule has 21 heavy (non-hydrogen) atoms. The van der Waals surface area contributed by atoms with Gasteiger partial charge in [0.05, 0.1) is 6.42 Å². The third kappa shape index (κ3) is 3.20. The van der Waals surface area contributed by atoms with Crippen LogP contribution in [0.15, 0.2) is 57.5 Å². The Hall–Kier alpha value is -1.98. The lowest BCUT2D eigenvalue weighted by Gasteiger charge is -2.03. The van der Waals surface area contributed by atoms with E-state index in [1.54, 1.807) is 0 Å². The van der Waals surface area contributed by atoms with Gasteiger partial charge in [-0.25, -0.2) is 0 Å². The van der Waals surface area contributed by atoms with Gasteiger partial charge in [0, 0.05) is 16.6 Å². The number of hydrogen-bond acceptors (Lipinski definition) is 4. The van der Waals surface area contributed by atoms with Gasteiger partial charge in [0.15, 0.2) is 0 Å². The van der Waals surface area contributed by atoms with Crippen LogP contribution in [0, 0.1) is 0 Å². The summed E-state index contributed by atoms with van der Waals surface area (Å²) in [7, 11) is 0. The van der Waals surface area contributed by atoms with Crippen LogP contribution in [0.25, 0.3) is 11.4 Å². The van der Waals surface area contributed by atoms with Crippen LogP contribution in [0.4, 0.5) is 0 Å². The van der Waals surface area contributed by atoms with Gasteiger partial charge < -0.3 is 10.3 Å². The molecule has 4 nitrogen and oxygen atoms in total. The van der Waals surface area contributed by atoms with Crippen molar-refractivity contribution >= 4 is 15.9 Å². The molecule has 3 aromatic rings. The van der Waals surface area contributed by atoms with Crippen LogP contribution in [-0.4, -0.2) is 10.1 Å². The fraction of sp³-hybridized carbons (Fsp3) is 0.125. The molecule has 0 fully saturated rings. The summed E-state index contributed by atoms with van der Waals surface area (Å²) in [4.78, 5) is 4.45. The zero-order valence-electron chi connectivity index (χ0n) is 11.3. The fourth-order valence-electron chi connectivity index (χ4n) is 2.16. The van der Waals surface area contributed by atoms with E-state index in [4.69, 9.17) is 10.3 Å². The molecule has 1 aromatic heterocycles. The smallest absolute Gasteiger partial charge is 0.231 e. The lowest BCUT2D eigenvalue weighted by molar-refractivity contribution is 0.385. The number of hydrogen-bond donors (Lipinski definition) is 1. The summed E-state index contributed by atoms with van der Waals surface area (Å²) in [6.07, 6.45) is 0.592. The minimum Gasteiger partial charge on any atom is -0.339 e. The van der Waals surface area contributed by atoms with Gasteiger partial charge in [-0.3, -0.25) is 0 Å². The van der Waals surface area contributed by atoms with E-state index in [0.717, 1.165) is 21.2 Å². The van der Waals surface area contributed by atoms with Crippen molar-refractivity contribution in [1.29, 1.82) is 0 Å².